The van der Waals surface area contributed by atoms with Crippen LogP contribution in [0.4, 0.5) is 0 Å². The largest absolute Gasteiger partial charge is 0.339 e. The predicted octanol–water partition coefficient (Wildman–Crippen LogP) is 1.60. The number of rotatable bonds is 7. The van der Waals surface area contributed by atoms with Crippen molar-refractivity contribution in [3.63, 3.8) is 0 Å². The number of carbonyl (C=O) groups excluding carboxylic acids is 1. The van der Waals surface area contributed by atoms with Crippen molar-refractivity contribution >= 4 is 15.9 Å². The van der Waals surface area contributed by atoms with Gasteiger partial charge in [0.2, 0.25) is 15.9 Å². The van der Waals surface area contributed by atoms with Gasteiger partial charge in [0.05, 0.1) is 11.4 Å². The van der Waals surface area contributed by atoms with E-state index in [0.29, 0.717) is 32.2 Å². The molecular weight excluding hydrogens is 400 g/mol. The number of hydrogen-bond donors (Lipinski definition) is 1. The molecule has 0 aliphatic carbocycles. The summed E-state index contributed by atoms with van der Waals surface area (Å²) < 4.78 is 28.4. The van der Waals surface area contributed by atoms with Crippen molar-refractivity contribution in [2.24, 2.45) is 0 Å². The van der Waals surface area contributed by atoms with E-state index >= 15 is 0 Å². The van der Waals surface area contributed by atoms with Crippen molar-refractivity contribution in [1.82, 2.24) is 19.4 Å². The van der Waals surface area contributed by atoms with Crippen LogP contribution in [0.5, 0.6) is 0 Å². The van der Waals surface area contributed by atoms with Gasteiger partial charge in [-0.05, 0) is 63.4 Å². The molecule has 0 spiro atoms. The number of aryl methyl sites for hydroxylation is 2. The second-order valence-electron chi connectivity index (χ2n) is 8.60. The van der Waals surface area contributed by atoms with Crippen LogP contribution in [0.25, 0.3) is 0 Å². The highest BCUT2D eigenvalue weighted by Gasteiger charge is 2.30. The first-order chi connectivity index (χ1) is 14.3. The maximum atomic E-state index is 13.5. The third kappa shape index (κ3) is 5.60. The second-order valence-corrected chi connectivity index (χ2v) is 10.5. The van der Waals surface area contributed by atoms with Crippen LogP contribution in [-0.2, 0) is 14.8 Å². The van der Waals surface area contributed by atoms with Crippen LogP contribution in [0.2, 0.25) is 0 Å². The Morgan fingerprint density at radius 2 is 1.87 bits per heavy atom. The smallest absolute Gasteiger partial charge is 0.243 e. The molecular formula is C22H36N4O3S. The highest BCUT2D eigenvalue weighted by Crippen LogP contribution is 2.21. The minimum Gasteiger partial charge on any atom is -0.339 e. The zero-order valence-electron chi connectivity index (χ0n) is 18.6. The first-order valence-electron chi connectivity index (χ1n) is 11.1. The molecule has 2 aliphatic heterocycles. The average Bonchev–Trinajstić information content (AvgIpc) is 2.74. The van der Waals surface area contributed by atoms with Crippen molar-refractivity contribution in [3.8, 4) is 0 Å². The molecule has 0 unspecified atom stereocenters. The predicted molar refractivity (Wildman–Crippen MR) is 119 cm³/mol. The van der Waals surface area contributed by atoms with E-state index in [2.05, 4.69) is 17.1 Å². The Bertz CT molecular complexity index is 837. The molecule has 0 saturated carbocycles. The van der Waals surface area contributed by atoms with Crippen LogP contribution < -0.4 is 5.32 Å². The molecule has 3 rings (SSSR count). The number of hydrogen-bond acceptors (Lipinski definition) is 5. The first-order valence-corrected chi connectivity index (χ1v) is 12.5. The summed E-state index contributed by atoms with van der Waals surface area (Å²) in [5.41, 5.74) is 1.99. The molecule has 1 atom stereocenters. The normalized spacial score (nSPS) is 21.2. The number of benzene rings is 1. The molecule has 30 heavy (non-hydrogen) atoms. The minimum absolute atomic E-state index is 0.0997. The summed E-state index contributed by atoms with van der Waals surface area (Å²) in [6.07, 6.45) is 3.52. The van der Waals surface area contributed by atoms with Crippen LogP contribution in [0.1, 0.15) is 37.3 Å². The zero-order valence-corrected chi connectivity index (χ0v) is 19.4. The van der Waals surface area contributed by atoms with Crippen LogP contribution in [0, 0.1) is 13.8 Å². The molecule has 0 aromatic heterocycles. The third-order valence-electron chi connectivity index (χ3n) is 6.47. The third-order valence-corrected chi connectivity index (χ3v) is 8.32. The van der Waals surface area contributed by atoms with Gasteiger partial charge in [-0.2, -0.15) is 4.31 Å². The summed E-state index contributed by atoms with van der Waals surface area (Å²) in [7, 11) is -3.75. The topological polar surface area (TPSA) is 73.0 Å². The standard InChI is InChI=1S/C22H36N4O3S/c1-18-7-8-21(16-19(18)2)30(28,29)26(15-14-24-11-5-4-6-20(24)3)17-22(27)25-12-9-23-10-13-25/h7-8,16,20,23H,4-6,9-15,17H2,1-3H3/t20-/m1/s1. The van der Waals surface area contributed by atoms with Crippen molar-refractivity contribution in [2.45, 2.75) is 51.0 Å². The van der Waals surface area contributed by atoms with Crippen molar-refractivity contribution in [1.29, 1.82) is 0 Å². The summed E-state index contributed by atoms with van der Waals surface area (Å²) in [5, 5.41) is 3.23. The Kier molecular flexibility index (Phi) is 7.90. The lowest BCUT2D eigenvalue weighted by Gasteiger charge is -2.35. The Labute approximate surface area is 181 Å². The fourth-order valence-corrected chi connectivity index (χ4v) is 5.67. The van der Waals surface area contributed by atoms with Crippen molar-refractivity contribution in [2.75, 3.05) is 52.4 Å². The van der Waals surface area contributed by atoms with Gasteiger partial charge in [0.25, 0.3) is 0 Å². The maximum absolute atomic E-state index is 13.5. The van der Waals surface area contributed by atoms with E-state index in [1.807, 2.05) is 19.9 Å². The lowest BCUT2D eigenvalue weighted by molar-refractivity contribution is -0.132. The van der Waals surface area contributed by atoms with E-state index in [0.717, 1.165) is 43.6 Å². The van der Waals surface area contributed by atoms with Gasteiger partial charge in [-0.3, -0.25) is 9.69 Å². The maximum Gasteiger partial charge on any atom is 0.243 e. The van der Waals surface area contributed by atoms with E-state index in [1.54, 1.807) is 17.0 Å². The highest BCUT2D eigenvalue weighted by molar-refractivity contribution is 7.89. The lowest BCUT2D eigenvalue weighted by Crippen LogP contribution is -2.51. The van der Waals surface area contributed by atoms with E-state index in [9.17, 15) is 13.2 Å². The van der Waals surface area contributed by atoms with Gasteiger partial charge in [-0.25, -0.2) is 8.42 Å². The molecule has 1 aromatic carbocycles. The quantitative estimate of drug-likeness (QED) is 0.703. The molecule has 0 bridgehead atoms. The molecule has 2 saturated heterocycles. The summed E-state index contributed by atoms with van der Waals surface area (Å²) >= 11 is 0. The van der Waals surface area contributed by atoms with Crippen LogP contribution in [-0.4, -0.2) is 86.8 Å². The number of nitrogens with zero attached hydrogens (tertiary/aromatic N) is 3. The zero-order chi connectivity index (χ0) is 21.7. The summed E-state index contributed by atoms with van der Waals surface area (Å²) in [4.78, 5) is 17.3. The van der Waals surface area contributed by atoms with Gasteiger partial charge < -0.3 is 10.2 Å². The van der Waals surface area contributed by atoms with Crippen LogP contribution in [0.3, 0.4) is 0 Å². The van der Waals surface area contributed by atoms with Gasteiger partial charge in [0.15, 0.2) is 0 Å². The lowest BCUT2D eigenvalue weighted by atomic mass is 10.0. The Morgan fingerprint density at radius 1 is 1.13 bits per heavy atom. The second kappa shape index (κ2) is 10.2. The summed E-state index contributed by atoms with van der Waals surface area (Å²) in [6.45, 7) is 10.7. The molecule has 0 radical (unpaired) electrons. The summed E-state index contributed by atoms with van der Waals surface area (Å²) in [6, 6.07) is 5.67. The monoisotopic (exact) mass is 436 g/mol. The molecule has 2 fully saturated rings. The fraction of sp³-hybridized carbons (Fsp3) is 0.682. The number of sulfonamides is 1. The SMILES string of the molecule is Cc1ccc(S(=O)(=O)N(CCN2CCCC[C@H]2C)CC(=O)N2CCNCC2)cc1C. The van der Waals surface area contributed by atoms with E-state index in [1.165, 1.54) is 10.7 Å². The number of piperazine rings is 1. The number of amides is 1. The number of likely N-dealkylation sites (tertiary alicyclic amines) is 1. The van der Waals surface area contributed by atoms with Crippen molar-refractivity contribution in [3.05, 3.63) is 29.3 Å². The number of nitrogens with one attached hydrogen (secondary N) is 1. The summed E-state index contributed by atoms with van der Waals surface area (Å²) in [5.74, 6) is -0.115. The minimum atomic E-state index is -3.75. The molecule has 2 aliphatic rings. The van der Waals surface area contributed by atoms with Gasteiger partial charge >= 0.3 is 0 Å². The van der Waals surface area contributed by atoms with E-state index in [4.69, 9.17) is 0 Å². The van der Waals surface area contributed by atoms with Crippen LogP contribution >= 0.6 is 0 Å². The molecule has 8 heteroatoms. The van der Waals surface area contributed by atoms with Crippen molar-refractivity contribution < 1.29 is 13.2 Å². The highest BCUT2D eigenvalue weighted by atomic mass is 32.2. The average molecular weight is 437 g/mol. The van der Waals surface area contributed by atoms with E-state index in [-0.39, 0.29) is 17.3 Å². The molecule has 1 aromatic rings. The molecule has 2 heterocycles. The number of piperidine rings is 1. The van der Waals surface area contributed by atoms with Gasteiger partial charge in [-0.1, -0.05) is 12.5 Å². The van der Waals surface area contributed by atoms with Gasteiger partial charge in [0, 0.05) is 45.3 Å². The Morgan fingerprint density at radius 3 is 2.53 bits per heavy atom. The Hall–Kier alpha value is -1.48. The van der Waals surface area contributed by atoms with Gasteiger partial charge in [-0.15, -0.1) is 0 Å². The molecule has 168 valence electrons. The number of carbonyl (C=O) groups is 1. The Balaban J connectivity index is 1.79. The molecule has 1 N–H and O–H groups in total. The fourth-order valence-electron chi connectivity index (χ4n) is 4.20. The van der Waals surface area contributed by atoms with E-state index < -0.39 is 10.0 Å². The van der Waals surface area contributed by atoms with Crippen LogP contribution in [0.15, 0.2) is 23.1 Å². The van der Waals surface area contributed by atoms with Gasteiger partial charge in [0.1, 0.15) is 0 Å². The molecule has 7 nitrogen and oxygen atoms in total. The first kappa shape index (κ1) is 23.2. The molecule has 1 amide bonds.